The fraction of sp³-hybridized carbons (Fsp3) is 0.273. The number of hydrogen-bond donors (Lipinski definition) is 1. The monoisotopic (exact) mass is 417 g/mol. The number of nitrogens with zero attached hydrogens (tertiary/aromatic N) is 6. The molecule has 0 aliphatic carbocycles. The third-order valence-electron chi connectivity index (χ3n) is 5.53. The molecule has 5 rings (SSSR count). The van der Waals surface area contributed by atoms with Crippen molar-refractivity contribution in [2.24, 2.45) is 13.0 Å². The fourth-order valence-electron chi connectivity index (χ4n) is 4.00. The molecular weight excluding hydrogens is 397 g/mol. The van der Waals surface area contributed by atoms with Crippen LogP contribution in [0.3, 0.4) is 0 Å². The summed E-state index contributed by atoms with van der Waals surface area (Å²) in [5.41, 5.74) is 2.10. The van der Waals surface area contributed by atoms with Crippen molar-refractivity contribution in [3.05, 3.63) is 54.4 Å². The molecule has 0 spiro atoms. The Morgan fingerprint density at radius 2 is 2.23 bits per heavy atom. The molecule has 1 atom stereocenters. The van der Waals surface area contributed by atoms with E-state index in [4.69, 9.17) is 10.00 Å². The van der Waals surface area contributed by atoms with Crippen LogP contribution in [0.2, 0.25) is 0 Å². The molecule has 4 aromatic rings. The van der Waals surface area contributed by atoms with Crippen molar-refractivity contribution in [2.45, 2.75) is 13.0 Å². The molecule has 1 fully saturated rings. The highest BCUT2D eigenvalue weighted by Gasteiger charge is 2.22. The Bertz CT molecular complexity index is 1300. The molecule has 156 valence electrons. The zero-order chi connectivity index (χ0) is 21.4. The Kier molecular flexibility index (Phi) is 4.84. The molecule has 31 heavy (non-hydrogen) atoms. The molecular formula is C22H20FN7O. The van der Waals surface area contributed by atoms with E-state index in [9.17, 15) is 4.39 Å². The topological polar surface area (TPSA) is 93.6 Å². The largest absolute Gasteiger partial charge is 0.418 e. The summed E-state index contributed by atoms with van der Waals surface area (Å²) in [7, 11) is 1.81. The first-order chi connectivity index (χ1) is 15.1. The molecule has 1 N–H and O–H groups in total. The summed E-state index contributed by atoms with van der Waals surface area (Å²) in [6, 6.07) is 8.19. The van der Waals surface area contributed by atoms with Gasteiger partial charge in [-0.1, -0.05) is 6.07 Å². The molecule has 3 aromatic heterocycles. The lowest BCUT2D eigenvalue weighted by atomic mass is 10.0. The summed E-state index contributed by atoms with van der Waals surface area (Å²) in [4.78, 5) is 8.86. The van der Waals surface area contributed by atoms with Crippen LogP contribution in [0, 0.1) is 23.1 Å². The van der Waals surface area contributed by atoms with Crippen LogP contribution >= 0.6 is 0 Å². The van der Waals surface area contributed by atoms with Gasteiger partial charge >= 0.3 is 0 Å². The van der Waals surface area contributed by atoms with Gasteiger partial charge in [0.2, 0.25) is 11.8 Å². The van der Waals surface area contributed by atoms with Crippen LogP contribution in [0.15, 0.2) is 43.0 Å². The molecule has 0 saturated carbocycles. The van der Waals surface area contributed by atoms with Crippen LogP contribution in [-0.4, -0.2) is 37.4 Å². The lowest BCUT2D eigenvalue weighted by Crippen LogP contribution is -2.14. The average molecular weight is 417 g/mol. The van der Waals surface area contributed by atoms with E-state index < -0.39 is 5.82 Å². The first-order valence-corrected chi connectivity index (χ1v) is 10.0. The maximum absolute atomic E-state index is 14.4. The van der Waals surface area contributed by atoms with E-state index in [1.54, 1.807) is 30.1 Å². The van der Waals surface area contributed by atoms with E-state index in [0.29, 0.717) is 34.3 Å². The number of hydrogen-bond acceptors (Lipinski definition) is 6. The van der Waals surface area contributed by atoms with Gasteiger partial charge in [0.1, 0.15) is 23.9 Å². The Labute approximate surface area is 177 Å². The second-order valence-corrected chi connectivity index (χ2v) is 7.67. The summed E-state index contributed by atoms with van der Waals surface area (Å²) < 4.78 is 24.1. The van der Waals surface area contributed by atoms with E-state index in [1.807, 2.05) is 12.3 Å². The van der Waals surface area contributed by atoms with Gasteiger partial charge in [-0.05, 0) is 43.1 Å². The quantitative estimate of drug-likeness (QED) is 0.536. The van der Waals surface area contributed by atoms with Crippen LogP contribution in [-0.2, 0) is 13.6 Å². The third-order valence-corrected chi connectivity index (χ3v) is 5.53. The second kappa shape index (κ2) is 7.81. The average Bonchev–Trinajstić information content (AvgIpc) is 3.50. The molecule has 1 unspecified atom stereocenters. The number of fused-ring (bicyclic) bond motifs is 1. The lowest BCUT2D eigenvalue weighted by molar-refractivity contribution is 0.441. The number of benzene rings is 1. The summed E-state index contributed by atoms with van der Waals surface area (Å²) in [6.45, 7) is 2.73. The van der Waals surface area contributed by atoms with Gasteiger partial charge in [-0.25, -0.2) is 14.4 Å². The smallest absolute Gasteiger partial charge is 0.240 e. The number of aromatic nitrogens is 5. The van der Waals surface area contributed by atoms with Crippen molar-refractivity contribution in [3.8, 4) is 29.0 Å². The summed E-state index contributed by atoms with van der Waals surface area (Å²) in [5, 5.41) is 17.4. The minimum absolute atomic E-state index is 0.00530. The summed E-state index contributed by atoms with van der Waals surface area (Å²) >= 11 is 0. The Morgan fingerprint density at radius 1 is 1.32 bits per heavy atom. The Morgan fingerprint density at radius 3 is 2.94 bits per heavy atom. The molecule has 0 amide bonds. The van der Waals surface area contributed by atoms with Crippen molar-refractivity contribution in [1.82, 2.24) is 29.6 Å². The fourth-order valence-corrected chi connectivity index (χ4v) is 4.00. The number of ether oxygens (including phenoxy) is 1. The van der Waals surface area contributed by atoms with Gasteiger partial charge in [-0.3, -0.25) is 4.68 Å². The van der Waals surface area contributed by atoms with Crippen molar-refractivity contribution in [1.29, 1.82) is 5.26 Å². The molecule has 8 nitrogen and oxygen atoms in total. The van der Waals surface area contributed by atoms with Gasteiger partial charge in [0, 0.05) is 37.6 Å². The standard InChI is InChI=1S/C22H20FN7O/c1-29-7-5-19(28-29)31-22-20-17(15-2-3-16(9-24)18(23)8-15)12-30(21(20)26-13-27-22)11-14-4-6-25-10-14/h2-3,5,7-8,12-14,25H,4,6,10-11H2,1H3. The van der Waals surface area contributed by atoms with Crippen molar-refractivity contribution in [2.75, 3.05) is 13.1 Å². The number of aryl methyl sites for hydroxylation is 1. The minimum Gasteiger partial charge on any atom is -0.418 e. The molecule has 1 aliphatic rings. The molecule has 4 heterocycles. The molecule has 1 aliphatic heterocycles. The lowest BCUT2D eigenvalue weighted by Gasteiger charge is -2.10. The van der Waals surface area contributed by atoms with E-state index in [1.165, 1.54) is 18.5 Å². The zero-order valence-electron chi connectivity index (χ0n) is 16.9. The van der Waals surface area contributed by atoms with Crippen molar-refractivity contribution in [3.63, 3.8) is 0 Å². The second-order valence-electron chi connectivity index (χ2n) is 7.67. The van der Waals surface area contributed by atoms with Gasteiger partial charge in [0.15, 0.2) is 0 Å². The van der Waals surface area contributed by atoms with Gasteiger partial charge in [-0.2, -0.15) is 5.26 Å². The zero-order valence-corrected chi connectivity index (χ0v) is 16.9. The molecule has 1 saturated heterocycles. The maximum Gasteiger partial charge on any atom is 0.240 e. The van der Waals surface area contributed by atoms with Crippen LogP contribution in [0.25, 0.3) is 22.2 Å². The van der Waals surface area contributed by atoms with E-state index in [0.717, 1.165) is 31.6 Å². The molecule has 9 heteroatoms. The summed E-state index contributed by atoms with van der Waals surface area (Å²) in [6.07, 6.45) is 6.29. The van der Waals surface area contributed by atoms with Crippen molar-refractivity contribution >= 4 is 11.0 Å². The van der Waals surface area contributed by atoms with Gasteiger partial charge < -0.3 is 14.6 Å². The number of nitriles is 1. The predicted octanol–water partition coefficient (Wildman–Crippen LogP) is 3.24. The van der Waals surface area contributed by atoms with E-state index in [2.05, 4.69) is 25.0 Å². The normalized spacial score (nSPS) is 16.0. The third kappa shape index (κ3) is 3.62. The first kappa shape index (κ1) is 19.2. The van der Waals surface area contributed by atoms with Crippen LogP contribution < -0.4 is 10.1 Å². The van der Waals surface area contributed by atoms with Gasteiger partial charge in [0.25, 0.3) is 0 Å². The predicted molar refractivity (Wildman–Crippen MR) is 112 cm³/mol. The van der Waals surface area contributed by atoms with Gasteiger partial charge in [0.05, 0.1) is 10.9 Å². The van der Waals surface area contributed by atoms with E-state index >= 15 is 0 Å². The highest BCUT2D eigenvalue weighted by atomic mass is 19.1. The van der Waals surface area contributed by atoms with Crippen molar-refractivity contribution < 1.29 is 9.13 Å². The highest BCUT2D eigenvalue weighted by molar-refractivity contribution is 5.97. The van der Waals surface area contributed by atoms with Crippen LogP contribution in [0.4, 0.5) is 4.39 Å². The van der Waals surface area contributed by atoms with Crippen LogP contribution in [0.5, 0.6) is 11.8 Å². The number of nitrogens with one attached hydrogen (secondary N) is 1. The van der Waals surface area contributed by atoms with Crippen LogP contribution in [0.1, 0.15) is 12.0 Å². The van der Waals surface area contributed by atoms with E-state index in [-0.39, 0.29) is 5.56 Å². The molecule has 0 bridgehead atoms. The Balaban J connectivity index is 1.66. The highest BCUT2D eigenvalue weighted by Crippen LogP contribution is 2.37. The number of halogens is 1. The first-order valence-electron chi connectivity index (χ1n) is 10.0. The number of rotatable bonds is 5. The Hall–Kier alpha value is -3.77. The molecule has 0 radical (unpaired) electrons. The minimum atomic E-state index is -0.565. The SMILES string of the molecule is Cn1ccc(Oc2ncnc3c2c(-c2ccc(C#N)c(F)c2)cn3CC2CCNC2)n1. The van der Waals surface area contributed by atoms with Gasteiger partial charge in [-0.15, -0.1) is 5.10 Å². The maximum atomic E-state index is 14.4. The summed E-state index contributed by atoms with van der Waals surface area (Å²) in [5.74, 6) is 0.681. The molecule has 1 aromatic carbocycles.